The largest absolute Gasteiger partial charge is 0.307 e. The average Bonchev–Trinajstić information content (AvgIpc) is 2.64. The number of imidazole rings is 1. The lowest BCUT2D eigenvalue weighted by molar-refractivity contribution is 0.686. The zero-order valence-corrected chi connectivity index (χ0v) is 9.40. The van der Waals surface area contributed by atoms with Crippen LogP contribution in [-0.4, -0.2) is 9.55 Å². The lowest BCUT2D eigenvalue weighted by Crippen LogP contribution is -2.12. The lowest BCUT2D eigenvalue weighted by atomic mass is 10.2. The van der Waals surface area contributed by atoms with E-state index in [9.17, 15) is 0 Å². The predicted octanol–water partition coefficient (Wildman–Crippen LogP) is 2.04. The van der Waals surface area contributed by atoms with E-state index in [1.165, 1.54) is 22.6 Å². The van der Waals surface area contributed by atoms with Crippen molar-refractivity contribution >= 4 is 0 Å². The van der Waals surface area contributed by atoms with Gasteiger partial charge in [0.05, 0.1) is 23.4 Å². The Bertz CT molecular complexity index is 514. The third kappa shape index (κ3) is 1.36. The first-order chi connectivity index (χ1) is 7.90. The van der Waals surface area contributed by atoms with Crippen LogP contribution in [0.5, 0.6) is 0 Å². The van der Waals surface area contributed by atoms with Crippen LogP contribution in [0.1, 0.15) is 23.9 Å². The van der Waals surface area contributed by atoms with Crippen molar-refractivity contribution in [3.05, 3.63) is 47.5 Å². The number of hydrogen-bond acceptors (Lipinski definition) is 2. The molecule has 2 aromatic rings. The van der Waals surface area contributed by atoms with E-state index in [1.54, 1.807) is 0 Å². The first-order valence-electron chi connectivity index (χ1n) is 5.74. The van der Waals surface area contributed by atoms with E-state index in [1.807, 2.05) is 6.33 Å². The molecule has 1 aliphatic rings. The molecule has 1 N–H and O–H groups in total. The molecule has 0 atom stereocenters. The van der Waals surface area contributed by atoms with Gasteiger partial charge in [0.15, 0.2) is 0 Å². The molecular formula is C13H15N3. The molecule has 1 aliphatic heterocycles. The maximum atomic E-state index is 4.48. The molecule has 0 radical (unpaired) electrons. The Morgan fingerprint density at radius 1 is 1.31 bits per heavy atom. The molecule has 0 fully saturated rings. The second kappa shape index (κ2) is 3.76. The quantitative estimate of drug-likeness (QED) is 0.785. The number of nitrogens with one attached hydrogen (secondary N) is 1. The van der Waals surface area contributed by atoms with Gasteiger partial charge in [-0.05, 0) is 18.1 Å². The zero-order valence-electron chi connectivity index (χ0n) is 9.40. The van der Waals surface area contributed by atoms with Crippen molar-refractivity contribution in [1.29, 1.82) is 0 Å². The van der Waals surface area contributed by atoms with Gasteiger partial charge in [-0.3, -0.25) is 0 Å². The molecule has 0 spiro atoms. The monoisotopic (exact) mass is 213 g/mol. The summed E-state index contributed by atoms with van der Waals surface area (Å²) in [5.74, 6) is 0. The third-order valence-corrected chi connectivity index (χ3v) is 3.15. The molecule has 0 aliphatic carbocycles. The summed E-state index contributed by atoms with van der Waals surface area (Å²) >= 11 is 0. The molecule has 82 valence electrons. The van der Waals surface area contributed by atoms with Gasteiger partial charge in [0, 0.05) is 13.1 Å². The molecule has 0 saturated heterocycles. The Hall–Kier alpha value is -1.61. The van der Waals surface area contributed by atoms with Crippen LogP contribution >= 0.6 is 0 Å². The second-order valence-corrected chi connectivity index (χ2v) is 4.09. The van der Waals surface area contributed by atoms with Gasteiger partial charge in [0.1, 0.15) is 0 Å². The number of fused-ring (bicyclic) bond motifs is 3. The van der Waals surface area contributed by atoms with Crippen molar-refractivity contribution in [1.82, 2.24) is 14.9 Å². The molecule has 3 heteroatoms. The molecule has 2 heterocycles. The average molecular weight is 213 g/mol. The van der Waals surface area contributed by atoms with Crippen LogP contribution < -0.4 is 5.32 Å². The Kier molecular flexibility index (Phi) is 2.26. The number of benzene rings is 1. The van der Waals surface area contributed by atoms with Crippen LogP contribution in [0.3, 0.4) is 0 Å². The molecule has 1 aromatic carbocycles. The fourth-order valence-electron chi connectivity index (χ4n) is 2.31. The molecular weight excluding hydrogens is 198 g/mol. The van der Waals surface area contributed by atoms with E-state index in [-0.39, 0.29) is 0 Å². The number of rotatable bonds is 1. The Morgan fingerprint density at radius 2 is 2.19 bits per heavy atom. The SMILES string of the molecule is CCc1ncn2c1CNCc1ccccc1-2. The first kappa shape index (κ1) is 9.60. The topological polar surface area (TPSA) is 29.9 Å². The molecule has 0 amide bonds. The van der Waals surface area contributed by atoms with E-state index in [2.05, 4.69) is 46.1 Å². The van der Waals surface area contributed by atoms with Crippen LogP contribution in [0.15, 0.2) is 30.6 Å². The molecule has 0 unspecified atom stereocenters. The lowest BCUT2D eigenvalue weighted by Gasteiger charge is -2.07. The van der Waals surface area contributed by atoms with Gasteiger partial charge in [-0.1, -0.05) is 25.1 Å². The minimum Gasteiger partial charge on any atom is -0.307 e. The number of para-hydroxylation sites is 1. The number of aromatic nitrogens is 2. The maximum absolute atomic E-state index is 4.48. The summed E-state index contributed by atoms with van der Waals surface area (Å²) in [6.45, 7) is 3.98. The second-order valence-electron chi connectivity index (χ2n) is 4.09. The van der Waals surface area contributed by atoms with Crippen molar-refractivity contribution in [3.63, 3.8) is 0 Å². The van der Waals surface area contributed by atoms with Gasteiger partial charge in [-0.15, -0.1) is 0 Å². The van der Waals surface area contributed by atoms with E-state index in [4.69, 9.17) is 0 Å². The van der Waals surface area contributed by atoms with E-state index < -0.39 is 0 Å². The highest BCUT2D eigenvalue weighted by Gasteiger charge is 2.15. The zero-order chi connectivity index (χ0) is 11.0. The van der Waals surface area contributed by atoms with Gasteiger partial charge < -0.3 is 9.88 Å². The van der Waals surface area contributed by atoms with Crippen molar-refractivity contribution in [2.45, 2.75) is 26.4 Å². The summed E-state index contributed by atoms with van der Waals surface area (Å²) in [7, 11) is 0. The van der Waals surface area contributed by atoms with Crippen molar-refractivity contribution in [2.24, 2.45) is 0 Å². The summed E-state index contributed by atoms with van der Waals surface area (Å²) in [5.41, 5.74) is 5.09. The molecule has 0 bridgehead atoms. The van der Waals surface area contributed by atoms with Gasteiger partial charge in [-0.2, -0.15) is 0 Å². The molecule has 0 saturated carbocycles. The normalized spacial score (nSPS) is 14.1. The highest BCUT2D eigenvalue weighted by Crippen LogP contribution is 2.22. The van der Waals surface area contributed by atoms with Crippen LogP contribution in [0.2, 0.25) is 0 Å². The van der Waals surface area contributed by atoms with E-state index in [0.29, 0.717) is 0 Å². The Morgan fingerprint density at radius 3 is 3.06 bits per heavy atom. The molecule has 16 heavy (non-hydrogen) atoms. The molecule has 3 nitrogen and oxygen atoms in total. The summed E-state index contributed by atoms with van der Waals surface area (Å²) in [5, 5.41) is 3.46. The summed E-state index contributed by atoms with van der Waals surface area (Å²) in [4.78, 5) is 4.48. The van der Waals surface area contributed by atoms with Crippen molar-refractivity contribution < 1.29 is 0 Å². The highest BCUT2D eigenvalue weighted by molar-refractivity contribution is 5.44. The van der Waals surface area contributed by atoms with Gasteiger partial charge in [-0.25, -0.2) is 4.98 Å². The fraction of sp³-hybridized carbons (Fsp3) is 0.308. The maximum Gasteiger partial charge on any atom is 0.0998 e. The van der Waals surface area contributed by atoms with Crippen LogP contribution in [0.4, 0.5) is 0 Å². The highest BCUT2D eigenvalue weighted by atomic mass is 15.1. The van der Waals surface area contributed by atoms with Crippen LogP contribution in [0, 0.1) is 0 Å². The molecule has 3 rings (SSSR count). The fourth-order valence-corrected chi connectivity index (χ4v) is 2.31. The minimum atomic E-state index is 0.901. The summed E-state index contributed by atoms with van der Waals surface area (Å²) < 4.78 is 2.22. The van der Waals surface area contributed by atoms with Gasteiger partial charge >= 0.3 is 0 Å². The predicted molar refractivity (Wildman–Crippen MR) is 63.5 cm³/mol. The van der Waals surface area contributed by atoms with E-state index in [0.717, 1.165) is 19.5 Å². The standard InChI is InChI=1S/C13H15N3/c1-2-11-13-8-14-7-10-5-3-4-6-12(10)16(13)9-15-11/h3-6,9,14H,2,7-8H2,1H3. The van der Waals surface area contributed by atoms with Gasteiger partial charge in [0.2, 0.25) is 0 Å². The van der Waals surface area contributed by atoms with Crippen LogP contribution in [-0.2, 0) is 19.5 Å². The number of hydrogen-bond donors (Lipinski definition) is 1. The smallest absolute Gasteiger partial charge is 0.0998 e. The summed E-state index contributed by atoms with van der Waals surface area (Å²) in [6.07, 6.45) is 2.94. The Labute approximate surface area is 95.1 Å². The minimum absolute atomic E-state index is 0.901. The first-order valence-corrected chi connectivity index (χ1v) is 5.74. The van der Waals surface area contributed by atoms with Crippen LogP contribution in [0.25, 0.3) is 5.69 Å². The molecule has 1 aromatic heterocycles. The Balaban J connectivity index is 2.22. The summed E-state index contributed by atoms with van der Waals surface area (Å²) in [6, 6.07) is 8.50. The van der Waals surface area contributed by atoms with Crippen molar-refractivity contribution in [2.75, 3.05) is 0 Å². The van der Waals surface area contributed by atoms with E-state index >= 15 is 0 Å². The third-order valence-electron chi connectivity index (χ3n) is 3.15. The van der Waals surface area contributed by atoms with Gasteiger partial charge in [0.25, 0.3) is 0 Å². The number of nitrogens with zero attached hydrogens (tertiary/aromatic N) is 2. The number of aryl methyl sites for hydroxylation is 1. The van der Waals surface area contributed by atoms with Crippen molar-refractivity contribution in [3.8, 4) is 5.69 Å².